The van der Waals surface area contributed by atoms with Gasteiger partial charge in [0.15, 0.2) is 11.6 Å². The minimum Gasteiger partial charge on any atom is -0.316 e. The van der Waals surface area contributed by atoms with E-state index >= 15 is 0 Å². The molecule has 1 nitrogen and oxygen atoms in total. The van der Waals surface area contributed by atoms with Crippen LogP contribution >= 0.6 is 0 Å². The van der Waals surface area contributed by atoms with Crippen molar-refractivity contribution >= 4 is 0 Å². The Kier molecular flexibility index (Phi) is 4.69. The molecule has 0 unspecified atom stereocenters. The van der Waals surface area contributed by atoms with E-state index in [9.17, 15) is 8.78 Å². The van der Waals surface area contributed by atoms with Crippen molar-refractivity contribution in [2.75, 3.05) is 13.1 Å². The molecule has 0 fully saturated rings. The molecular formula is C12H17F2N. The lowest BCUT2D eigenvalue weighted by Crippen LogP contribution is -2.18. The zero-order chi connectivity index (χ0) is 11.3. The molecule has 1 aromatic rings. The largest absolute Gasteiger partial charge is 0.316 e. The molecule has 0 saturated heterocycles. The second kappa shape index (κ2) is 5.81. The quantitative estimate of drug-likeness (QED) is 0.742. The summed E-state index contributed by atoms with van der Waals surface area (Å²) >= 11 is 0. The van der Waals surface area contributed by atoms with Gasteiger partial charge in [-0.3, -0.25) is 0 Å². The molecule has 0 saturated carbocycles. The van der Waals surface area contributed by atoms with Crippen LogP contribution in [0, 0.1) is 18.6 Å². The van der Waals surface area contributed by atoms with Gasteiger partial charge in [-0.15, -0.1) is 0 Å². The van der Waals surface area contributed by atoms with E-state index < -0.39 is 11.6 Å². The highest BCUT2D eigenvalue weighted by Crippen LogP contribution is 2.15. The van der Waals surface area contributed by atoms with E-state index in [1.54, 1.807) is 19.1 Å². The molecule has 1 N–H and O–H groups in total. The standard InChI is InChI=1S/C12H17F2N/c1-3-7-15-8-6-10-5-4-9(2)11(13)12(10)14/h4-5,15H,3,6-8H2,1-2H3. The summed E-state index contributed by atoms with van der Waals surface area (Å²) in [7, 11) is 0. The van der Waals surface area contributed by atoms with Gasteiger partial charge in [0.05, 0.1) is 0 Å². The summed E-state index contributed by atoms with van der Waals surface area (Å²) in [6.45, 7) is 5.24. The first-order valence-corrected chi connectivity index (χ1v) is 5.31. The third-order valence-electron chi connectivity index (χ3n) is 2.35. The Morgan fingerprint density at radius 1 is 1.13 bits per heavy atom. The van der Waals surface area contributed by atoms with Crippen LogP contribution in [0.25, 0.3) is 0 Å². The molecule has 84 valence electrons. The van der Waals surface area contributed by atoms with E-state index in [0.717, 1.165) is 13.0 Å². The second-order valence-electron chi connectivity index (χ2n) is 3.67. The van der Waals surface area contributed by atoms with Crippen molar-refractivity contribution < 1.29 is 8.78 Å². The van der Waals surface area contributed by atoms with Gasteiger partial charge in [0.2, 0.25) is 0 Å². The molecular weight excluding hydrogens is 196 g/mol. The van der Waals surface area contributed by atoms with Gasteiger partial charge in [0, 0.05) is 0 Å². The average molecular weight is 213 g/mol. The molecule has 0 radical (unpaired) electrons. The van der Waals surface area contributed by atoms with Crippen LogP contribution in [0.4, 0.5) is 8.78 Å². The van der Waals surface area contributed by atoms with E-state index in [1.165, 1.54) is 0 Å². The molecule has 0 aliphatic rings. The van der Waals surface area contributed by atoms with Crippen molar-refractivity contribution in [2.45, 2.75) is 26.7 Å². The van der Waals surface area contributed by atoms with Crippen molar-refractivity contribution in [1.82, 2.24) is 5.32 Å². The van der Waals surface area contributed by atoms with Crippen molar-refractivity contribution in [3.05, 3.63) is 34.9 Å². The van der Waals surface area contributed by atoms with Crippen LogP contribution in [-0.2, 0) is 6.42 Å². The highest BCUT2D eigenvalue weighted by atomic mass is 19.2. The van der Waals surface area contributed by atoms with Crippen molar-refractivity contribution in [3.63, 3.8) is 0 Å². The smallest absolute Gasteiger partial charge is 0.162 e. The van der Waals surface area contributed by atoms with Crippen LogP contribution in [-0.4, -0.2) is 13.1 Å². The maximum Gasteiger partial charge on any atom is 0.162 e. The molecule has 0 aliphatic heterocycles. The number of nitrogens with one attached hydrogen (secondary N) is 1. The Bertz CT molecular complexity index is 324. The Labute approximate surface area is 89.5 Å². The van der Waals surface area contributed by atoms with E-state index in [4.69, 9.17) is 0 Å². The predicted molar refractivity (Wildman–Crippen MR) is 58.0 cm³/mol. The lowest BCUT2D eigenvalue weighted by molar-refractivity contribution is 0.491. The number of halogens is 2. The predicted octanol–water partition coefficient (Wildman–Crippen LogP) is 2.82. The first-order valence-electron chi connectivity index (χ1n) is 5.31. The Balaban J connectivity index is 2.58. The molecule has 0 heterocycles. The number of benzene rings is 1. The first-order chi connectivity index (χ1) is 7.16. The summed E-state index contributed by atoms with van der Waals surface area (Å²) in [5, 5.41) is 3.16. The van der Waals surface area contributed by atoms with Gasteiger partial charge >= 0.3 is 0 Å². The third-order valence-corrected chi connectivity index (χ3v) is 2.35. The third kappa shape index (κ3) is 3.27. The monoisotopic (exact) mass is 213 g/mol. The highest BCUT2D eigenvalue weighted by molar-refractivity contribution is 5.25. The van der Waals surface area contributed by atoms with Crippen molar-refractivity contribution in [3.8, 4) is 0 Å². The van der Waals surface area contributed by atoms with E-state index in [-0.39, 0.29) is 0 Å². The zero-order valence-corrected chi connectivity index (χ0v) is 9.24. The Hall–Kier alpha value is -0.960. The topological polar surface area (TPSA) is 12.0 Å². The molecule has 0 aliphatic carbocycles. The SMILES string of the molecule is CCCNCCc1ccc(C)c(F)c1F. The molecule has 0 amide bonds. The first kappa shape index (κ1) is 12.1. The van der Waals surface area contributed by atoms with Crippen LogP contribution in [0.2, 0.25) is 0 Å². The van der Waals surface area contributed by atoms with E-state index in [0.29, 0.717) is 24.1 Å². The van der Waals surface area contributed by atoms with Crippen molar-refractivity contribution in [1.29, 1.82) is 0 Å². The lowest BCUT2D eigenvalue weighted by atomic mass is 10.1. The average Bonchev–Trinajstić information content (AvgIpc) is 2.24. The molecule has 1 aromatic carbocycles. The molecule has 0 spiro atoms. The molecule has 0 bridgehead atoms. The summed E-state index contributed by atoms with van der Waals surface area (Å²) in [6.07, 6.45) is 1.58. The van der Waals surface area contributed by atoms with E-state index in [1.807, 2.05) is 0 Å². The second-order valence-corrected chi connectivity index (χ2v) is 3.67. The Morgan fingerprint density at radius 3 is 2.53 bits per heavy atom. The Morgan fingerprint density at radius 2 is 1.87 bits per heavy atom. The molecule has 0 aromatic heterocycles. The highest BCUT2D eigenvalue weighted by Gasteiger charge is 2.09. The van der Waals surface area contributed by atoms with E-state index in [2.05, 4.69) is 12.2 Å². The number of hydrogen-bond acceptors (Lipinski definition) is 1. The molecule has 3 heteroatoms. The number of aryl methyl sites for hydroxylation is 1. The molecule has 0 atom stereocenters. The number of hydrogen-bond donors (Lipinski definition) is 1. The minimum atomic E-state index is -0.719. The maximum atomic E-state index is 13.4. The summed E-state index contributed by atoms with van der Waals surface area (Å²) in [5.74, 6) is -1.42. The minimum absolute atomic E-state index is 0.359. The zero-order valence-electron chi connectivity index (χ0n) is 9.24. The van der Waals surface area contributed by atoms with Gasteiger partial charge in [-0.1, -0.05) is 19.1 Å². The van der Waals surface area contributed by atoms with Gasteiger partial charge in [0.1, 0.15) is 0 Å². The summed E-state index contributed by atoms with van der Waals surface area (Å²) in [4.78, 5) is 0. The fourth-order valence-corrected chi connectivity index (χ4v) is 1.40. The van der Waals surface area contributed by atoms with Gasteiger partial charge in [-0.2, -0.15) is 0 Å². The normalized spacial score (nSPS) is 10.7. The lowest BCUT2D eigenvalue weighted by Gasteiger charge is -2.06. The van der Waals surface area contributed by atoms with Crippen LogP contribution in [0.3, 0.4) is 0 Å². The summed E-state index contributed by atoms with van der Waals surface area (Å²) < 4.78 is 26.5. The van der Waals surface area contributed by atoms with Crippen molar-refractivity contribution in [2.24, 2.45) is 0 Å². The van der Waals surface area contributed by atoms with Gasteiger partial charge in [-0.25, -0.2) is 8.78 Å². The molecule has 15 heavy (non-hydrogen) atoms. The van der Waals surface area contributed by atoms with Gasteiger partial charge in [-0.05, 0) is 44.0 Å². The fraction of sp³-hybridized carbons (Fsp3) is 0.500. The summed E-state index contributed by atoms with van der Waals surface area (Å²) in [5.41, 5.74) is 0.805. The van der Waals surface area contributed by atoms with Crippen LogP contribution in [0.1, 0.15) is 24.5 Å². The van der Waals surface area contributed by atoms with Gasteiger partial charge in [0.25, 0.3) is 0 Å². The van der Waals surface area contributed by atoms with Crippen LogP contribution in [0.15, 0.2) is 12.1 Å². The maximum absolute atomic E-state index is 13.4. The fourth-order valence-electron chi connectivity index (χ4n) is 1.40. The number of rotatable bonds is 5. The van der Waals surface area contributed by atoms with Crippen LogP contribution in [0.5, 0.6) is 0 Å². The van der Waals surface area contributed by atoms with Gasteiger partial charge < -0.3 is 5.32 Å². The summed E-state index contributed by atoms with van der Waals surface area (Å²) in [6, 6.07) is 3.27. The molecule has 1 rings (SSSR count). The van der Waals surface area contributed by atoms with Crippen LogP contribution < -0.4 is 5.32 Å².